The van der Waals surface area contributed by atoms with Crippen LogP contribution in [0, 0.1) is 24.0 Å². The summed E-state index contributed by atoms with van der Waals surface area (Å²) in [4.78, 5) is 22.6. The van der Waals surface area contributed by atoms with Gasteiger partial charge in [-0.1, -0.05) is 6.07 Å². The first-order valence-corrected chi connectivity index (χ1v) is 10.8. The van der Waals surface area contributed by atoms with Gasteiger partial charge in [0.2, 0.25) is 0 Å². The van der Waals surface area contributed by atoms with Gasteiger partial charge in [-0.3, -0.25) is 19.6 Å². The molecule has 0 bridgehead atoms. The standard InChI is InChI=1S/C21H21N3O6S/c1-13-4-10-18(12-19(13)24(26)27)31(28,29)23-17-8-6-16(7-9-17)21(25)22-15(3)20-11-5-14(2)30-20/h4-12,15,23H,1-3H3,(H,22,25). The maximum atomic E-state index is 12.6. The van der Waals surface area contributed by atoms with Gasteiger partial charge in [-0.15, -0.1) is 0 Å². The van der Waals surface area contributed by atoms with Crippen LogP contribution >= 0.6 is 0 Å². The molecule has 0 saturated heterocycles. The van der Waals surface area contributed by atoms with Crippen molar-refractivity contribution in [1.29, 1.82) is 0 Å². The Balaban J connectivity index is 1.72. The van der Waals surface area contributed by atoms with Gasteiger partial charge < -0.3 is 9.73 Å². The Bertz CT molecular complexity index is 1230. The average Bonchev–Trinajstić information content (AvgIpc) is 3.14. The molecule has 0 saturated carbocycles. The summed E-state index contributed by atoms with van der Waals surface area (Å²) in [7, 11) is -4.04. The van der Waals surface area contributed by atoms with Gasteiger partial charge in [0.15, 0.2) is 0 Å². The summed E-state index contributed by atoms with van der Waals surface area (Å²) in [6.07, 6.45) is 0. The van der Waals surface area contributed by atoms with E-state index < -0.39 is 14.9 Å². The summed E-state index contributed by atoms with van der Waals surface area (Å²) < 4.78 is 33.0. The zero-order valence-electron chi connectivity index (χ0n) is 17.1. The van der Waals surface area contributed by atoms with E-state index in [0.717, 1.165) is 11.8 Å². The number of sulfonamides is 1. The molecule has 0 radical (unpaired) electrons. The van der Waals surface area contributed by atoms with Gasteiger partial charge in [0.05, 0.1) is 15.9 Å². The zero-order valence-corrected chi connectivity index (χ0v) is 17.9. The predicted molar refractivity (Wildman–Crippen MR) is 114 cm³/mol. The molecular weight excluding hydrogens is 422 g/mol. The largest absolute Gasteiger partial charge is 0.464 e. The molecule has 162 valence electrons. The molecule has 0 aliphatic rings. The van der Waals surface area contributed by atoms with Crippen molar-refractivity contribution in [3.63, 3.8) is 0 Å². The van der Waals surface area contributed by atoms with Crippen molar-refractivity contribution in [1.82, 2.24) is 5.32 Å². The quantitative estimate of drug-likeness (QED) is 0.417. The topological polar surface area (TPSA) is 132 Å². The highest BCUT2D eigenvalue weighted by atomic mass is 32.2. The Morgan fingerprint density at radius 2 is 1.74 bits per heavy atom. The van der Waals surface area contributed by atoms with Crippen molar-refractivity contribution in [2.45, 2.75) is 31.7 Å². The number of carbonyl (C=O) groups excluding carboxylic acids is 1. The molecule has 1 heterocycles. The van der Waals surface area contributed by atoms with Crippen LogP contribution in [0.3, 0.4) is 0 Å². The van der Waals surface area contributed by atoms with E-state index >= 15 is 0 Å². The normalized spacial score (nSPS) is 12.2. The minimum Gasteiger partial charge on any atom is -0.464 e. The highest BCUT2D eigenvalue weighted by Crippen LogP contribution is 2.24. The third-order valence-electron chi connectivity index (χ3n) is 4.62. The van der Waals surface area contributed by atoms with E-state index in [1.54, 1.807) is 13.0 Å². The number of nitrogens with zero attached hydrogens (tertiary/aromatic N) is 1. The maximum absolute atomic E-state index is 12.6. The van der Waals surface area contributed by atoms with Gasteiger partial charge >= 0.3 is 0 Å². The van der Waals surface area contributed by atoms with Crippen LogP contribution in [0.25, 0.3) is 0 Å². The number of hydrogen-bond acceptors (Lipinski definition) is 6. The summed E-state index contributed by atoms with van der Waals surface area (Å²) in [5.41, 5.74) is 0.632. The van der Waals surface area contributed by atoms with Crippen LogP contribution < -0.4 is 10.0 Å². The fraction of sp³-hybridized carbons (Fsp3) is 0.190. The lowest BCUT2D eigenvalue weighted by Crippen LogP contribution is -2.26. The molecule has 1 amide bonds. The fourth-order valence-corrected chi connectivity index (χ4v) is 3.97. The molecule has 1 atom stereocenters. The molecule has 0 aliphatic heterocycles. The number of aryl methyl sites for hydroxylation is 2. The molecular formula is C21H21N3O6S. The Kier molecular flexibility index (Phi) is 6.11. The molecule has 9 nitrogen and oxygen atoms in total. The second-order valence-electron chi connectivity index (χ2n) is 7.03. The van der Waals surface area contributed by atoms with Crippen LogP contribution in [0.4, 0.5) is 11.4 Å². The second-order valence-corrected chi connectivity index (χ2v) is 8.71. The van der Waals surface area contributed by atoms with E-state index in [1.807, 2.05) is 13.0 Å². The van der Waals surface area contributed by atoms with E-state index in [0.29, 0.717) is 16.9 Å². The lowest BCUT2D eigenvalue weighted by molar-refractivity contribution is -0.385. The minimum atomic E-state index is -4.04. The first-order valence-electron chi connectivity index (χ1n) is 9.32. The Hall–Kier alpha value is -3.66. The van der Waals surface area contributed by atoms with Crippen LogP contribution in [0.15, 0.2) is 63.9 Å². The van der Waals surface area contributed by atoms with Crippen LogP contribution in [-0.4, -0.2) is 19.2 Å². The van der Waals surface area contributed by atoms with Crippen molar-refractivity contribution >= 4 is 27.3 Å². The average molecular weight is 443 g/mol. The monoisotopic (exact) mass is 443 g/mol. The van der Waals surface area contributed by atoms with E-state index in [4.69, 9.17) is 4.42 Å². The SMILES string of the molecule is Cc1ccc(C(C)NC(=O)c2ccc(NS(=O)(=O)c3ccc(C)c([N+](=O)[O-])c3)cc2)o1. The van der Waals surface area contributed by atoms with Gasteiger partial charge in [-0.25, -0.2) is 8.42 Å². The van der Waals surface area contributed by atoms with Gasteiger partial charge in [-0.2, -0.15) is 0 Å². The summed E-state index contributed by atoms with van der Waals surface area (Å²) in [6.45, 7) is 5.13. The Morgan fingerprint density at radius 1 is 1.06 bits per heavy atom. The number of benzene rings is 2. The summed E-state index contributed by atoms with van der Waals surface area (Å²) in [6, 6.07) is 12.8. The smallest absolute Gasteiger partial charge is 0.273 e. The lowest BCUT2D eigenvalue weighted by atomic mass is 10.1. The van der Waals surface area contributed by atoms with Crippen LogP contribution in [0.1, 0.15) is 40.4 Å². The molecule has 0 spiro atoms. The fourth-order valence-electron chi connectivity index (χ4n) is 2.89. The number of nitro groups is 1. The molecule has 2 N–H and O–H groups in total. The van der Waals surface area contributed by atoms with Gasteiger partial charge in [0.25, 0.3) is 21.6 Å². The molecule has 0 fully saturated rings. The number of rotatable bonds is 7. The number of hydrogen-bond donors (Lipinski definition) is 2. The van der Waals surface area contributed by atoms with E-state index in [1.165, 1.54) is 43.3 Å². The molecule has 3 rings (SSSR count). The van der Waals surface area contributed by atoms with E-state index in [9.17, 15) is 23.3 Å². The third kappa shape index (κ3) is 5.10. The van der Waals surface area contributed by atoms with Crippen molar-refractivity contribution in [3.8, 4) is 0 Å². The highest BCUT2D eigenvalue weighted by molar-refractivity contribution is 7.92. The molecule has 3 aromatic rings. The number of nitro benzene ring substituents is 1. The molecule has 2 aromatic carbocycles. The first-order chi connectivity index (χ1) is 14.6. The summed E-state index contributed by atoms with van der Waals surface area (Å²) in [5, 5.41) is 13.9. The Labute approximate surface area is 179 Å². The predicted octanol–water partition coefficient (Wildman–Crippen LogP) is 4.10. The van der Waals surface area contributed by atoms with Gasteiger partial charge in [0, 0.05) is 22.9 Å². The van der Waals surface area contributed by atoms with Gasteiger partial charge in [-0.05, 0) is 63.2 Å². The van der Waals surface area contributed by atoms with Crippen LogP contribution in [0.2, 0.25) is 0 Å². The van der Waals surface area contributed by atoms with Crippen molar-refractivity contribution in [2.24, 2.45) is 0 Å². The number of furan rings is 1. The minimum absolute atomic E-state index is 0.217. The number of nitrogens with one attached hydrogen (secondary N) is 2. The van der Waals surface area contributed by atoms with E-state index in [-0.39, 0.29) is 28.2 Å². The van der Waals surface area contributed by atoms with Crippen LogP contribution in [0.5, 0.6) is 0 Å². The number of amides is 1. The lowest BCUT2D eigenvalue weighted by Gasteiger charge is -2.12. The second kappa shape index (κ2) is 8.60. The first kappa shape index (κ1) is 22.0. The highest BCUT2D eigenvalue weighted by Gasteiger charge is 2.20. The summed E-state index contributed by atoms with van der Waals surface area (Å²) in [5.74, 6) is 1.03. The third-order valence-corrected chi connectivity index (χ3v) is 6.00. The Morgan fingerprint density at radius 3 is 2.32 bits per heavy atom. The molecule has 1 unspecified atom stereocenters. The molecule has 31 heavy (non-hydrogen) atoms. The zero-order chi connectivity index (χ0) is 22.8. The molecule has 0 aliphatic carbocycles. The van der Waals surface area contributed by atoms with Crippen molar-refractivity contribution < 1.29 is 22.6 Å². The van der Waals surface area contributed by atoms with Gasteiger partial charge in [0.1, 0.15) is 11.5 Å². The maximum Gasteiger partial charge on any atom is 0.273 e. The van der Waals surface area contributed by atoms with Crippen molar-refractivity contribution in [2.75, 3.05) is 4.72 Å². The van der Waals surface area contributed by atoms with E-state index in [2.05, 4.69) is 10.0 Å². The molecule has 1 aromatic heterocycles. The number of anilines is 1. The number of carbonyl (C=O) groups is 1. The van der Waals surface area contributed by atoms with Crippen molar-refractivity contribution in [3.05, 3.63) is 87.4 Å². The molecule has 10 heteroatoms. The summed E-state index contributed by atoms with van der Waals surface area (Å²) >= 11 is 0. The van der Waals surface area contributed by atoms with Crippen LogP contribution in [-0.2, 0) is 10.0 Å².